The molecule has 0 unspecified atom stereocenters. The van der Waals surface area contributed by atoms with Crippen LogP contribution in [-0.2, 0) is 9.84 Å². The number of sulfone groups is 1. The molecule has 0 saturated heterocycles. The van der Waals surface area contributed by atoms with Gasteiger partial charge in [0.1, 0.15) is 4.90 Å². The van der Waals surface area contributed by atoms with Crippen molar-refractivity contribution >= 4 is 21.6 Å². The summed E-state index contributed by atoms with van der Waals surface area (Å²) in [5.41, 5.74) is 0.278. The molecule has 0 saturated carbocycles. The normalized spacial score (nSPS) is 11.6. The van der Waals surface area contributed by atoms with Gasteiger partial charge in [0.05, 0.1) is 4.92 Å². The van der Waals surface area contributed by atoms with E-state index >= 15 is 0 Å². The summed E-state index contributed by atoms with van der Waals surface area (Å²) in [4.78, 5) is 9.85. The summed E-state index contributed by atoms with van der Waals surface area (Å²) in [5.74, 6) is 0. The summed E-state index contributed by atoms with van der Waals surface area (Å²) < 4.78 is 24.3. The van der Waals surface area contributed by atoms with Crippen LogP contribution >= 0.6 is 0 Å². The molecule has 0 radical (unpaired) electrons. The second kappa shape index (κ2) is 5.66. The van der Waals surface area contributed by atoms with Crippen molar-refractivity contribution in [2.24, 2.45) is 0 Å². The average Bonchev–Trinajstić information content (AvgIpc) is 2.46. The summed E-state index contributed by atoms with van der Waals surface area (Å²) in [7, 11) is -3.86. The molecular weight excluding hydrogens is 278 g/mol. The van der Waals surface area contributed by atoms with Crippen molar-refractivity contribution in [2.45, 2.75) is 4.90 Å². The minimum Gasteiger partial charge on any atom is -0.258 e. The Labute approximate surface area is 116 Å². The Bertz CT molecular complexity index is 752. The third-order valence-corrected chi connectivity index (χ3v) is 4.06. The predicted octanol–water partition coefficient (Wildman–Crippen LogP) is 3.04. The van der Waals surface area contributed by atoms with Crippen molar-refractivity contribution in [1.82, 2.24) is 0 Å². The molecule has 2 aromatic carbocycles. The van der Waals surface area contributed by atoms with E-state index in [1.165, 1.54) is 30.3 Å². The number of nitro benzene ring substituents is 1. The second-order valence-electron chi connectivity index (χ2n) is 3.98. The quantitative estimate of drug-likeness (QED) is 0.640. The minimum absolute atomic E-state index is 0.308. The first-order valence-corrected chi connectivity index (χ1v) is 7.27. The fourth-order valence-electron chi connectivity index (χ4n) is 1.65. The van der Waals surface area contributed by atoms with E-state index in [4.69, 9.17) is 0 Å². The highest BCUT2D eigenvalue weighted by atomic mass is 32.2. The molecule has 0 aliphatic heterocycles. The van der Waals surface area contributed by atoms with Crippen molar-refractivity contribution in [3.05, 3.63) is 75.7 Å². The molecule has 102 valence electrons. The van der Waals surface area contributed by atoms with Gasteiger partial charge in [-0.15, -0.1) is 0 Å². The molecule has 0 amide bonds. The van der Waals surface area contributed by atoms with Crippen LogP contribution in [0.15, 0.2) is 64.9 Å². The third-order valence-electron chi connectivity index (χ3n) is 2.61. The number of para-hydroxylation sites is 1. The van der Waals surface area contributed by atoms with Crippen molar-refractivity contribution in [3.8, 4) is 0 Å². The highest BCUT2D eigenvalue weighted by Crippen LogP contribution is 2.25. The molecule has 0 bridgehead atoms. The highest BCUT2D eigenvalue weighted by Gasteiger charge is 2.22. The zero-order chi connectivity index (χ0) is 14.6. The highest BCUT2D eigenvalue weighted by molar-refractivity contribution is 7.94. The van der Waals surface area contributed by atoms with Crippen molar-refractivity contribution < 1.29 is 13.3 Å². The molecule has 6 heteroatoms. The lowest BCUT2D eigenvalue weighted by atomic mass is 10.2. The predicted molar refractivity (Wildman–Crippen MR) is 75.8 cm³/mol. The third kappa shape index (κ3) is 3.10. The van der Waals surface area contributed by atoms with E-state index in [-0.39, 0.29) is 4.90 Å². The maximum Gasteiger partial charge on any atom is 0.288 e. The van der Waals surface area contributed by atoms with E-state index in [1.807, 2.05) is 6.07 Å². The lowest BCUT2D eigenvalue weighted by Crippen LogP contribution is -2.01. The fraction of sp³-hybridized carbons (Fsp3) is 0. The second-order valence-corrected chi connectivity index (χ2v) is 5.79. The van der Waals surface area contributed by atoms with Crippen molar-refractivity contribution in [2.75, 3.05) is 0 Å². The van der Waals surface area contributed by atoms with Crippen LogP contribution in [0.3, 0.4) is 0 Å². The zero-order valence-corrected chi connectivity index (χ0v) is 11.2. The van der Waals surface area contributed by atoms with Gasteiger partial charge in [-0.3, -0.25) is 10.1 Å². The van der Waals surface area contributed by atoms with Crippen LogP contribution in [0.25, 0.3) is 6.08 Å². The van der Waals surface area contributed by atoms with E-state index in [9.17, 15) is 18.5 Å². The fourth-order valence-corrected chi connectivity index (χ4v) is 2.84. The Hall–Kier alpha value is -2.47. The van der Waals surface area contributed by atoms with Crippen LogP contribution in [0.4, 0.5) is 5.69 Å². The Morgan fingerprint density at radius 2 is 1.55 bits per heavy atom. The molecule has 0 fully saturated rings. The molecule has 20 heavy (non-hydrogen) atoms. The summed E-state index contributed by atoms with van der Waals surface area (Å²) >= 11 is 0. The molecule has 0 aliphatic rings. The van der Waals surface area contributed by atoms with Crippen LogP contribution in [0.2, 0.25) is 0 Å². The van der Waals surface area contributed by atoms with Gasteiger partial charge in [-0.05, 0) is 17.7 Å². The summed E-state index contributed by atoms with van der Waals surface area (Å²) in [6.45, 7) is 0. The van der Waals surface area contributed by atoms with Crippen molar-refractivity contribution in [1.29, 1.82) is 0 Å². The first kappa shape index (κ1) is 14.0. The first-order valence-electron chi connectivity index (χ1n) is 5.72. The van der Waals surface area contributed by atoms with E-state index < -0.39 is 20.4 Å². The average molecular weight is 289 g/mol. The lowest BCUT2D eigenvalue weighted by Gasteiger charge is -2.00. The van der Waals surface area contributed by atoms with E-state index in [2.05, 4.69) is 0 Å². The van der Waals surface area contributed by atoms with Gasteiger partial charge in [0.25, 0.3) is 5.69 Å². The van der Waals surface area contributed by atoms with E-state index in [0.29, 0.717) is 5.56 Å². The first-order chi connectivity index (χ1) is 9.50. The van der Waals surface area contributed by atoms with Gasteiger partial charge in [0.15, 0.2) is 0 Å². The monoisotopic (exact) mass is 289 g/mol. The van der Waals surface area contributed by atoms with Crippen LogP contribution in [0, 0.1) is 10.1 Å². The van der Waals surface area contributed by atoms with Gasteiger partial charge in [0, 0.05) is 11.5 Å². The summed E-state index contributed by atoms with van der Waals surface area (Å²) in [6, 6.07) is 14.1. The number of nitrogens with zero attached hydrogens (tertiary/aromatic N) is 1. The molecule has 0 N–H and O–H groups in total. The number of nitro groups is 1. The molecule has 5 nitrogen and oxygen atoms in total. The molecule has 2 aromatic rings. The van der Waals surface area contributed by atoms with Crippen molar-refractivity contribution in [3.63, 3.8) is 0 Å². The lowest BCUT2D eigenvalue weighted by molar-refractivity contribution is -0.387. The summed E-state index contributed by atoms with van der Waals surface area (Å²) in [5, 5.41) is 11.8. The maximum atomic E-state index is 12.1. The number of hydrogen-bond donors (Lipinski definition) is 0. The molecule has 0 aromatic heterocycles. The standard InChI is InChI=1S/C14H11NO4S/c16-15(17)13-8-4-5-9-14(13)20(18,19)11-10-12-6-2-1-3-7-12/h1-11H. The van der Waals surface area contributed by atoms with Gasteiger partial charge in [-0.2, -0.15) is 0 Å². The van der Waals surface area contributed by atoms with Crippen LogP contribution in [-0.4, -0.2) is 13.3 Å². The van der Waals surface area contributed by atoms with E-state index in [0.717, 1.165) is 5.41 Å². The van der Waals surface area contributed by atoms with Gasteiger partial charge in [-0.1, -0.05) is 42.5 Å². The topological polar surface area (TPSA) is 77.3 Å². The number of benzene rings is 2. The SMILES string of the molecule is O=[N+]([O-])c1ccccc1S(=O)(=O)C=Cc1ccccc1. The smallest absolute Gasteiger partial charge is 0.258 e. The van der Waals surface area contributed by atoms with Crippen LogP contribution in [0.5, 0.6) is 0 Å². The number of rotatable bonds is 4. The number of hydrogen-bond acceptors (Lipinski definition) is 4. The largest absolute Gasteiger partial charge is 0.288 e. The Morgan fingerprint density at radius 3 is 2.20 bits per heavy atom. The Kier molecular flexibility index (Phi) is 3.95. The van der Waals surface area contributed by atoms with Gasteiger partial charge in [-0.25, -0.2) is 8.42 Å². The summed E-state index contributed by atoms with van der Waals surface area (Å²) in [6.07, 6.45) is 1.41. The van der Waals surface area contributed by atoms with Crippen LogP contribution in [0.1, 0.15) is 5.56 Å². The molecule has 0 atom stereocenters. The minimum atomic E-state index is -3.86. The van der Waals surface area contributed by atoms with Gasteiger partial charge in [0.2, 0.25) is 9.84 Å². The zero-order valence-electron chi connectivity index (χ0n) is 10.3. The molecular formula is C14H11NO4S. The molecule has 0 heterocycles. The maximum absolute atomic E-state index is 12.1. The van der Waals surface area contributed by atoms with Gasteiger partial charge < -0.3 is 0 Å². The van der Waals surface area contributed by atoms with Gasteiger partial charge >= 0.3 is 0 Å². The molecule has 0 aliphatic carbocycles. The Balaban J connectivity index is 2.42. The van der Waals surface area contributed by atoms with E-state index in [1.54, 1.807) is 24.3 Å². The Morgan fingerprint density at radius 1 is 0.950 bits per heavy atom. The van der Waals surface area contributed by atoms with Crippen LogP contribution < -0.4 is 0 Å². The molecule has 0 spiro atoms. The molecule has 2 rings (SSSR count).